The summed E-state index contributed by atoms with van der Waals surface area (Å²) in [4.78, 5) is 24.0. The van der Waals surface area contributed by atoms with Gasteiger partial charge in [-0.2, -0.15) is 5.09 Å². The number of nitrogens with one attached hydrogen (secondary N) is 2. The van der Waals surface area contributed by atoms with Gasteiger partial charge in [0, 0.05) is 12.3 Å². The first-order valence-electron chi connectivity index (χ1n) is 11.3. The first-order valence-corrected chi connectivity index (χ1v) is 13.2. The van der Waals surface area contributed by atoms with E-state index in [2.05, 4.69) is 17.0 Å². The second kappa shape index (κ2) is 11.3. The summed E-state index contributed by atoms with van der Waals surface area (Å²) in [7, 11) is -4.17. The van der Waals surface area contributed by atoms with Gasteiger partial charge in [-0.1, -0.05) is 24.8 Å². The minimum absolute atomic E-state index is 0.213. The molecule has 0 saturated carbocycles. The number of amides is 1. The van der Waals surface area contributed by atoms with E-state index in [1.54, 1.807) is 51.1 Å². The standard InChI is InChI=1S/C23H31ClN3O8P/c1-14(2)33-21(30)15(3)26-36(31,35-17-9-7-6-8-10-17)32-13-18-20(29)23(5,24)22(34-18)27-12-11-19(28)25-16(27)4/h6-12,14-15,18,20,22,29H,4,13H2,1-3,5H3,(H,25,28)(H,26,31)/t15-,18+,20+,22+,23+,36+/m0/s1. The summed E-state index contributed by atoms with van der Waals surface area (Å²) in [6, 6.07) is 7.23. The molecule has 0 bridgehead atoms. The van der Waals surface area contributed by atoms with E-state index in [0.29, 0.717) is 0 Å². The molecule has 2 aliphatic heterocycles. The lowest BCUT2D eigenvalue weighted by Crippen LogP contribution is -2.50. The Kier molecular flexibility index (Phi) is 8.87. The van der Waals surface area contributed by atoms with Crippen LogP contribution in [-0.4, -0.2) is 63.9 Å². The Balaban J connectivity index is 1.76. The van der Waals surface area contributed by atoms with Gasteiger partial charge in [0.25, 0.3) is 5.91 Å². The Morgan fingerprint density at radius 3 is 2.64 bits per heavy atom. The minimum Gasteiger partial charge on any atom is -0.462 e. The van der Waals surface area contributed by atoms with Crippen LogP contribution in [0.5, 0.6) is 5.75 Å². The first-order chi connectivity index (χ1) is 16.8. The van der Waals surface area contributed by atoms with E-state index in [0.717, 1.165) is 0 Å². The molecule has 0 radical (unpaired) electrons. The van der Waals surface area contributed by atoms with Gasteiger partial charge < -0.3 is 29.3 Å². The molecule has 13 heteroatoms. The van der Waals surface area contributed by atoms with Gasteiger partial charge in [0.15, 0.2) is 6.23 Å². The van der Waals surface area contributed by atoms with Gasteiger partial charge in [-0.05, 0) is 39.8 Å². The molecule has 6 atom stereocenters. The zero-order valence-corrected chi connectivity index (χ0v) is 22.1. The number of alkyl halides is 1. The molecule has 1 amide bonds. The molecule has 0 aromatic heterocycles. The van der Waals surface area contributed by atoms with Crippen molar-refractivity contribution in [2.45, 2.75) is 63.2 Å². The predicted octanol–water partition coefficient (Wildman–Crippen LogP) is 2.62. The number of carbonyl (C=O) groups is 2. The molecular formula is C23H31ClN3O8P. The van der Waals surface area contributed by atoms with E-state index in [1.807, 2.05) is 0 Å². The summed E-state index contributed by atoms with van der Waals surface area (Å²) in [6.45, 7) is 9.78. The number of carbonyl (C=O) groups excluding carboxylic acids is 2. The molecule has 36 heavy (non-hydrogen) atoms. The van der Waals surface area contributed by atoms with E-state index >= 15 is 0 Å². The monoisotopic (exact) mass is 543 g/mol. The predicted molar refractivity (Wildman–Crippen MR) is 132 cm³/mol. The third-order valence-corrected chi connectivity index (χ3v) is 7.42. The van der Waals surface area contributed by atoms with Crippen LogP contribution < -0.4 is 14.9 Å². The first kappa shape index (κ1) is 28.2. The van der Waals surface area contributed by atoms with Crippen LogP contribution in [0.15, 0.2) is 55.0 Å². The van der Waals surface area contributed by atoms with Crippen molar-refractivity contribution in [3.63, 3.8) is 0 Å². The molecule has 2 heterocycles. The number of benzene rings is 1. The van der Waals surface area contributed by atoms with E-state index in [-0.39, 0.29) is 23.6 Å². The molecule has 1 fully saturated rings. The lowest BCUT2D eigenvalue weighted by atomic mass is 10.0. The fourth-order valence-electron chi connectivity index (χ4n) is 3.56. The maximum atomic E-state index is 13.7. The number of rotatable bonds is 10. The van der Waals surface area contributed by atoms with Crippen molar-refractivity contribution >= 4 is 31.2 Å². The van der Waals surface area contributed by atoms with Gasteiger partial charge in [-0.25, -0.2) is 4.57 Å². The molecule has 0 spiro atoms. The Morgan fingerprint density at radius 1 is 1.36 bits per heavy atom. The van der Waals surface area contributed by atoms with Crippen LogP contribution in [0.25, 0.3) is 0 Å². The molecule has 1 aromatic rings. The van der Waals surface area contributed by atoms with E-state index in [9.17, 15) is 19.3 Å². The smallest absolute Gasteiger partial charge is 0.459 e. The summed E-state index contributed by atoms with van der Waals surface area (Å²) in [6.07, 6.45) is -0.907. The second-order valence-electron chi connectivity index (χ2n) is 8.82. The molecule has 3 N–H and O–H groups in total. The third-order valence-electron chi connectivity index (χ3n) is 5.37. The average molecular weight is 544 g/mol. The Labute approximate surface area is 214 Å². The summed E-state index contributed by atoms with van der Waals surface area (Å²) >= 11 is 6.63. The Bertz CT molecular complexity index is 1050. The van der Waals surface area contributed by atoms with Gasteiger partial charge in [0.1, 0.15) is 34.7 Å². The van der Waals surface area contributed by atoms with Crippen LogP contribution in [0, 0.1) is 0 Å². The zero-order chi connectivity index (χ0) is 26.7. The van der Waals surface area contributed by atoms with Crippen molar-refractivity contribution in [2.24, 2.45) is 0 Å². The fraction of sp³-hybridized carbons (Fsp3) is 0.478. The fourth-order valence-corrected chi connectivity index (χ4v) is 5.36. The number of aliphatic hydroxyl groups is 1. The molecule has 0 unspecified atom stereocenters. The number of esters is 1. The van der Waals surface area contributed by atoms with Crippen molar-refractivity contribution in [1.82, 2.24) is 15.3 Å². The minimum atomic E-state index is -4.17. The summed E-state index contributed by atoms with van der Waals surface area (Å²) in [5, 5.41) is 16.0. The van der Waals surface area contributed by atoms with Crippen LogP contribution in [0.2, 0.25) is 0 Å². The van der Waals surface area contributed by atoms with Gasteiger partial charge in [-0.3, -0.25) is 14.1 Å². The topological polar surface area (TPSA) is 136 Å². The highest BCUT2D eigenvalue weighted by Gasteiger charge is 2.55. The molecular weight excluding hydrogens is 513 g/mol. The summed E-state index contributed by atoms with van der Waals surface area (Å²) in [5.74, 6) is -0.559. The van der Waals surface area contributed by atoms with Crippen LogP contribution in [0.3, 0.4) is 0 Å². The van der Waals surface area contributed by atoms with E-state index < -0.39 is 49.7 Å². The molecule has 2 aliphatic rings. The molecule has 3 rings (SSSR count). The largest absolute Gasteiger partial charge is 0.462 e. The van der Waals surface area contributed by atoms with Gasteiger partial charge in [0.2, 0.25) is 0 Å². The maximum Gasteiger partial charge on any atom is 0.459 e. The Hall–Kier alpha value is -2.40. The van der Waals surface area contributed by atoms with Gasteiger partial charge in [0.05, 0.1) is 12.7 Å². The van der Waals surface area contributed by atoms with Gasteiger partial charge >= 0.3 is 13.7 Å². The number of halogens is 1. The molecule has 1 saturated heterocycles. The molecule has 198 valence electrons. The zero-order valence-electron chi connectivity index (χ0n) is 20.4. The quantitative estimate of drug-likeness (QED) is 0.229. The van der Waals surface area contributed by atoms with Crippen molar-refractivity contribution < 1.29 is 37.8 Å². The third kappa shape index (κ3) is 6.67. The number of hydrogen-bond acceptors (Lipinski definition) is 9. The van der Waals surface area contributed by atoms with E-state index in [4.69, 9.17) is 30.1 Å². The lowest BCUT2D eigenvalue weighted by Gasteiger charge is -2.36. The average Bonchev–Trinajstić information content (AvgIpc) is 3.01. The van der Waals surface area contributed by atoms with Crippen LogP contribution in [0.1, 0.15) is 27.7 Å². The highest BCUT2D eigenvalue weighted by atomic mass is 35.5. The molecule has 11 nitrogen and oxygen atoms in total. The van der Waals surface area contributed by atoms with Crippen LogP contribution in [-0.2, 0) is 28.2 Å². The highest BCUT2D eigenvalue weighted by Crippen LogP contribution is 2.47. The second-order valence-corrected chi connectivity index (χ2v) is 11.3. The number of nitrogens with zero attached hydrogens (tertiary/aromatic N) is 1. The van der Waals surface area contributed by atoms with Crippen molar-refractivity contribution in [3.8, 4) is 5.75 Å². The van der Waals surface area contributed by atoms with Crippen LogP contribution in [0.4, 0.5) is 0 Å². The van der Waals surface area contributed by atoms with Crippen molar-refractivity contribution in [1.29, 1.82) is 0 Å². The number of hydrogen-bond donors (Lipinski definition) is 3. The normalized spacial score (nSPS) is 28.5. The number of para-hydroxylation sites is 1. The van der Waals surface area contributed by atoms with Gasteiger partial charge in [-0.15, -0.1) is 11.6 Å². The maximum absolute atomic E-state index is 13.7. The summed E-state index contributed by atoms with van der Waals surface area (Å²) in [5.41, 5.74) is 0. The molecule has 0 aliphatic carbocycles. The SMILES string of the molecule is C=C1NC(=O)C=CN1[C@@H]1O[C@H](CO[P@](=O)(N[C@@H](C)C(=O)OC(C)C)Oc2ccccc2)[C@@H](O)[C@@]1(C)Cl. The molecule has 1 aromatic carbocycles. The summed E-state index contributed by atoms with van der Waals surface area (Å²) < 4.78 is 36.0. The number of ether oxygens (including phenoxy) is 2. The van der Waals surface area contributed by atoms with Crippen molar-refractivity contribution in [3.05, 3.63) is 55.0 Å². The van der Waals surface area contributed by atoms with E-state index in [1.165, 1.54) is 24.1 Å². The lowest BCUT2D eigenvalue weighted by molar-refractivity contribution is -0.149. The number of aliphatic hydroxyl groups excluding tert-OH is 1. The highest BCUT2D eigenvalue weighted by molar-refractivity contribution is 7.52. The van der Waals surface area contributed by atoms with Crippen molar-refractivity contribution in [2.75, 3.05) is 6.61 Å². The van der Waals surface area contributed by atoms with Crippen LogP contribution >= 0.6 is 19.3 Å². The Morgan fingerprint density at radius 2 is 2.03 bits per heavy atom.